The van der Waals surface area contributed by atoms with Crippen molar-refractivity contribution in [2.45, 2.75) is 32.6 Å². The highest BCUT2D eigenvalue weighted by Gasteiger charge is 2.31. The minimum atomic E-state index is 1.01. The van der Waals surface area contributed by atoms with E-state index in [2.05, 4.69) is 18.9 Å². The Balaban J connectivity index is 1.94. The van der Waals surface area contributed by atoms with Crippen LogP contribution in [0.3, 0.4) is 0 Å². The summed E-state index contributed by atoms with van der Waals surface area (Å²) in [4.78, 5) is 2.51. The van der Waals surface area contributed by atoms with Crippen molar-refractivity contribution < 1.29 is 0 Å². The van der Waals surface area contributed by atoms with Gasteiger partial charge in [-0.05, 0) is 50.6 Å². The maximum Gasteiger partial charge on any atom is 0.000927 e. The van der Waals surface area contributed by atoms with Gasteiger partial charge in [-0.3, -0.25) is 0 Å². The van der Waals surface area contributed by atoms with E-state index in [1.165, 1.54) is 38.8 Å². The summed E-state index contributed by atoms with van der Waals surface area (Å²) < 4.78 is 0. The van der Waals surface area contributed by atoms with E-state index in [0.29, 0.717) is 0 Å². The summed E-state index contributed by atoms with van der Waals surface area (Å²) >= 11 is 0. The van der Waals surface area contributed by atoms with Gasteiger partial charge in [-0.25, -0.2) is 0 Å². The molecule has 0 aromatic rings. The van der Waals surface area contributed by atoms with Crippen LogP contribution in [0.25, 0.3) is 0 Å². The summed E-state index contributed by atoms with van der Waals surface area (Å²) in [6.45, 7) is 5.14. The molecule has 0 aromatic carbocycles. The van der Waals surface area contributed by atoms with Crippen LogP contribution in [0.1, 0.15) is 32.6 Å². The largest absolute Gasteiger partial charge is 0.306 e. The molecule has 1 nitrogen and oxygen atoms in total. The van der Waals surface area contributed by atoms with Crippen LogP contribution in [-0.2, 0) is 0 Å². The van der Waals surface area contributed by atoms with Gasteiger partial charge < -0.3 is 4.90 Å². The lowest BCUT2D eigenvalue weighted by atomic mass is 9.71. The Morgan fingerprint density at radius 2 is 1.92 bits per heavy atom. The zero-order chi connectivity index (χ0) is 8.55. The molecule has 1 heterocycles. The van der Waals surface area contributed by atoms with Gasteiger partial charge in [0.1, 0.15) is 0 Å². The second kappa shape index (κ2) is 3.37. The third-order valence-electron chi connectivity index (χ3n) is 3.83. The molecule has 2 rings (SSSR count). The van der Waals surface area contributed by atoms with E-state index in [1.54, 1.807) is 0 Å². The Hall–Kier alpha value is -0.0400. The molecule has 1 heteroatoms. The Labute approximate surface area is 76.1 Å². The number of rotatable bonds is 0. The van der Waals surface area contributed by atoms with Gasteiger partial charge in [0.15, 0.2) is 0 Å². The van der Waals surface area contributed by atoms with Crippen LogP contribution in [0, 0.1) is 17.8 Å². The Bertz CT molecular complexity index is 137. The fraction of sp³-hybridized carbons (Fsp3) is 1.00. The minimum Gasteiger partial charge on any atom is -0.306 e. The molecule has 1 aliphatic carbocycles. The molecule has 0 aromatic heterocycles. The first kappa shape index (κ1) is 8.55. The van der Waals surface area contributed by atoms with Gasteiger partial charge in [0.25, 0.3) is 0 Å². The van der Waals surface area contributed by atoms with Crippen molar-refractivity contribution >= 4 is 0 Å². The number of likely N-dealkylation sites (tertiary alicyclic amines) is 1. The Morgan fingerprint density at radius 1 is 1.08 bits per heavy atom. The maximum absolute atomic E-state index is 2.51. The first-order valence-corrected chi connectivity index (χ1v) is 5.44. The number of piperidine rings is 1. The number of nitrogens with zero attached hydrogens (tertiary/aromatic N) is 1. The van der Waals surface area contributed by atoms with Crippen molar-refractivity contribution in [2.24, 2.45) is 17.8 Å². The first-order chi connectivity index (χ1) is 5.75. The van der Waals surface area contributed by atoms with Gasteiger partial charge in [0.2, 0.25) is 0 Å². The summed E-state index contributed by atoms with van der Waals surface area (Å²) in [7, 11) is 2.27. The highest BCUT2D eigenvalue weighted by molar-refractivity contribution is 4.84. The van der Waals surface area contributed by atoms with E-state index in [1.807, 2.05) is 0 Å². The van der Waals surface area contributed by atoms with Crippen molar-refractivity contribution in [1.29, 1.82) is 0 Å². The summed E-state index contributed by atoms with van der Waals surface area (Å²) in [5.74, 6) is 3.12. The van der Waals surface area contributed by atoms with Crippen molar-refractivity contribution in [1.82, 2.24) is 4.90 Å². The molecule has 1 saturated heterocycles. The van der Waals surface area contributed by atoms with Crippen LogP contribution >= 0.6 is 0 Å². The summed E-state index contributed by atoms with van der Waals surface area (Å²) in [5.41, 5.74) is 0. The number of fused-ring (bicyclic) bond motifs is 1. The highest BCUT2D eigenvalue weighted by atomic mass is 15.1. The molecule has 70 valence electrons. The average Bonchev–Trinajstić information content (AvgIpc) is 2.05. The second-order valence-electron chi connectivity index (χ2n) is 4.99. The molecule has 0 spiro atoms. The molecular formula is C11H21N. The van der Waals surface area contributed by atoms with Crippen molar-refractivity contribution in [2.75, 3.05) is 20.1 Å². The lowest BCUT2D eigenvalue weighted by Gasteiger charge is -2.41. The van der Waals surface area contributed by atoms with E-state index in [9.17, 15) is 0 Å². The molecule has 12 heavy (non-hydrogen) atoms. The second-order valence-corrected chi connectivity index (χ2v) is 4.99. The molecule has 0 bridgehead atoms. The summed E-state index contributed by atoms with van der Waals surface area (Å²) in [5, 5.41) is 0. The lowest BCUT2D eigenvalue weighted by Crippen LogP contribution is -2.40. The van der Waals surface area contributed by atoms with Crippen LogP contribution < -0.4 is 0 Å². The van der Waals surface area contributed by atoms with E-state index in [-0.39, 0.29) is 0 Å². The molecule has 0 N–H and O–H groups in total. The lowest BCUT2D eigenvalue weighted by molar-refractivity contribution is 0.0842. The fourth-order valence-electron chi connectivity index (χ4n) is 3.03. The van der Waals surface area contributed by atoms with Gasteiger partial charge in [-0.15, -0.1) is 0 Å². The molecule has 1 aliphatic heterocycles. The van der Waals surface area contributed by atoms with Gasteiger partial charge in [-0.1, -0.05) is 13.3 Å². The number of hydrogen-bond acceptors (Lipinski definition) is 1. The third-order valence-corrected chi connectivity index (χ3v) is 3.83. The topological polar surface area (TPSA) is 3.24 Å². The molecule has 2 aliphatic rings. The van der Waals surface area contributed by atoms with Gasteiger partial charge in [0, 0.05) is 6.54 Å². The molecular weight excluding hydrogens is 146 g/mol. The van der Waals surface area contributed by atoms with Crippen molar-refractivity contribution in [3.63, 3.8) is 0 Å². The van der Waals surface area contributed by atoms with Gasteiger partial charge in [-0.2, -0.15) is 0 Å². The summed E-state index contributed by atoms with van der Waals surface area (Å²) in [6.07, 6.45) is 5.95. The first-order valence-electron chi connectivity index (χ1n) is 5.44. The monoisotopic (exact) mass is 167 g/mol. The quantitative estimate of drug-likeness (QED) is 0.535. The zero-order valence-corrected chi connectivity index (χ0v) is 8.42. The normalized spacial score (nSPS) is 44.0. The predicted octanol–water partition coefficient (Wildman–Crippen LogP) is 2.37. The average molecular weight is 167 g/mol. The van der Waals surface area contributed by atoms with Crippen LogP contribution in [0.15, 0.2) is 0 Å². The molecule has 2 fully saturated rings. The molecule has 3 unspecified atom stereocenters. The fourth-order valence-corrected chi connectivity index (χ4v) is 3.03. The van der Waals surface area contributed by atoms with Gasteiger partial charge >= 0.3 is 0 Å². The smallest absolute Gasteiger partial charge is 0.000927 e. The van der Waals surface area contributed by atoms with Crippen molar-refractivity contribution in [3.05, 3.63) is 0 Å². The Morgan fingerprint density at radius 3 is 2.75 bits per heavy atom. The van der Waals surface area contributed by atoms with Crippen molar-refractivity contribution in [3.8, 4) is 0 Å². The van der Waals surface area contributed by atoms with E-state index < -0.39 is 0 Å². The van der Waals surface area contributed by atoms with Gasteiger partial charge in [0.05, 0.1) is 0 Å². The molecule has 3 atom stereocenters. The SMILES string of the molecule is CC1CCC2CN(C)CCC2C1. The minimum absolute atomic E-state index is 1.01. The predicted molar refractivity (Wildman–Crippen MR) is 52.1 cm³/mol. The molecule has 0 radical (unpaired) electrons. The standard InChI is InChI=1S/C11H21N/c1-9-3-4-11-8-12(2)6-5-10(11)7-9/h9-11H,3-8H2,1-2H3. The summed E-state index contributed by atoms with van der Waals surface area (Å²) in [6, 6.07) is 0. The van der Waals surface area contributed by atoms with E-state index >= 15 is 0 Å². The third kappa shape index (κ3) is 1.66. The molecule has 0 amide bonds. The number of hydrogen-bond donors (Lipinski definition) is 0. The highest BCUT2D eigenvalue weighted by Crippen LogP contribution is 2.38. The van der Waals surface area contributed by atoms with Crippen LogP contribution in [0.2, 0.25) is 0 Å². The van der Waals surface area contributed by atoms with E-state index in [4.69, 9.17) is 0 Å². The maximum atomic E-state index is 2.51. The van der Waals surface area contributed by atoms with Crippen LogP contribution in [-0.4, -0.2) is 25.0 Å². The van der Waals surface area contributed by atoms with Crippen LogP contribution in [0.5, 0.6) is 0 Å². The van der Waals surface area contributed by atoms with Crippen LogP contribution in [0.4, 0.5) is 0 Å². The van der Waals surface area contributed by atoms with E-state index in [0.717, 1.165) is 17.8 Å². The molecule has 1 saturated carbocycles. The Kier molecular flexibility index (Phi) is 2.40. The zero-order valence-electron chi connectivity index (χ0n) is 8.42.